The van der Waals surface area contributed by atoms with Crippen LogP contribution in [-0.2, 0) is 4.79 Å². The molecule has 0 saturated heterocycles. The standard InChI is InChI=1S/C15H22N2O4/c1-4-21-13-8-6-5-7-12(13)16-15(20)17(11(2)3)10-9-14(18)19/h5-8,11H,4,9-10H2,1-3H3,(H,16,20)(H,18,19). The summed E-state index contributed by atoms with van der Waals surface area (Å²) in [5.41, 5.74) is 0.574. The zero-order chi connectivity index (χ0) is 15.8. The van der Waals surface area contributed by atoms with Crippen molar-refractivity contribution in [3.63, 3.8) is 0 Å². The van der Waals surface area contributed by atoms with Gasteiger partial charge in [-0.25, -0.2) is 4.79 Å². The van der Waals surface area contributed by atoms with Crippen LogP contribution in [0.1, 0.15) is 27.2 Å². The predicted octanol–water partition coefficient (Wildman–Crippen LogP) is 2.80. The van der Waals surface area contributed by atoms with Crippen LogP contribution in [0.5, 0.6) is 5.75 Å². The van der Waals surface area contributed by atoms with Crippen molar-refractivity contribution in [1.82, 2.24) is 4.90 Å². The first-order chi connectivity index (χ1) is 9.95. The summed E-state index contributed by atoms with van der Waals surface area (Å²) in [6, 6.07) is 6.72. The number of carbonyl (C=O) groups excluding carboxylic acids is 1. The van der Waals surface area contributed by atoms with Crippen molar-refractivity contribution in [2.75, 3.05) is 18.5 Å². The number of carboxylic acid groups (broad SMARTS) is 1. The van der Waals surface area contributed by atoms with E-state index in [0.717, 1.165) is 0 Å². The lowest BCUT2D eigenvalue weighted by Gasteiger charge is -2.26. The van der Waals surface area contributed by atoms with Crippen molar-refractivity contribution in [1.29, 1.82) is 0 Å². The number of ether oxygens (including phenoxy) is 1. The summed E-state index contributed by atoms with van der Waals surface area (Å²) in [7, 11) is 0. The van der Waals surface area contributed by atoms with Crippen LogP contribution in [0.4, 0.5) is 10.5 Å². The summed E-state index contributed by atoms with van der Waals surface area (Å²) in [6.07, 6.45) is -0.0846. The highest BCUT2D eigenvalue weighted by atomic mass is 16.5. The number of carboxylic acids is 1. The Morgan fingerprint density at radius 3 is 2.57 bits per heavy atom. The SMILES string of the molecule is CCOc1ccccc1NC(=O)N(CCC(=O)O)C(C)C. The van der Waals surface area contributed by atoms with Gasteiger partial charge in [0.15, 0.2) is 0 Å². The van der Waals surface area contributed by atoms with Gasteiger partial charge in [-0.05, 0) is 32.9 Å². The zero-order valence-electron chi connectivity index (χ0n) is 12.6. The van der Waals surface area contributed by atoms with Crippen molar-refractivity contribution in [2.24, 2.45) is 0 Å². The molecule has 1 rings (SSSR count). The lowest BCUT2D eigenvalue weighted by atomic mass is 10.2. The maximum Gasteiger partial charge on any atom is 0.322 e. The second-order valence-electron chi connectivity index (χ2n) is 4.79. The number of carbonyl (C=O) groups is 2. The van der Waals surface area contributed by atoms with Crippen molar-refractivity contribution in [3.05, 3.63) is 24.3 Å². The largest absolute Gasteiger partial charge is 0.492 e. The topological polar surface area (TPSA) is 78.9 Å². The molecule has 0 aliphatic rings. The molecular formula is C15H22N2O4. The Kier molecular flexibility index (Phi) is 6.52. The molecule has 2 N–H and O–H groups in total. The van der Waals surface area contributed by atoms with E-state index in [4.69, 9.17) is 9.84 Å². The minimum Gasteiger partial charge on any atom is -0.492 e. The highest BCUT2D eigenvalue weighted by Crippen LogP contribution is 2.24. The van der Waals surface area contributed by atoms with E-state index in [2.05, 4.69) is 5.32 Å². The number of para-hydroxylation sites is 2. The third-order valence-corrected chi connectivity index (χ3v) is 2.88. The number of nitrogens with zero attached hydrogens (tertiary/aromatic N) is 1. The Hall–Kier alpha value is -2.24. The molecule has 21 heavy (non-hydrogen) atoms. The van der Waals surface area contributed by atoms with Gasteiger partial charge in [-0.15, -0.1) is 0 Å². The molecule has 0 radical (unpaired) electrons. The molecule has 0 heterocycles. The number of hydrogen-bond acceptors (Lipinski definition) is 3. The summed E-state index contributed by atoms with van der Waals surface area (Å²) in [5, 5.41) is 11.5. The van der Waals surface area contributed by atoms with E-state index in [0.29, 0.717) is 18.0 Å². The smallest absolute Gasteiger partial charge is 0.322 e. The molecule has 2 amide bonds. The van der Waals surface area contributed by atoms with Gasteiger partial charge in [0.2, 0.25) is 0 Å². The van der Waals surface area contributed by atoms with Gasteiger partial charge in [0.05, 0.1) is 18.7 Å². The van der Waals surface area contributed by atoms with Gasteiger partial charge in [-0.1, -0.05) is 12.1 Å². The third-order valence-electron chi connectivity index (χ3n) is 2.88. The monoisotopic (exact) mass is 294 g/mol. The second kappa shape index (κ2) is 8.14. The van der Waals surface area contributed by atoms with E-state index < -0.39 is 5.97 Å². The maximum atomic E-state index is 12.3. The normalized spacial score (nSPS) is 10.3. The first kappa shape index (κ1) is 16.8. The molecule has 0 fully saturated rings. The molecule has 0 spiro atoms. The minimum absolute atomic E-state index is 0.0846. The predicted molar refractivity (Wildman–Crippen MR) is 80.7 cm³/mol. The molecule has 116 valence electrons. The fourth-order valence-electron chi connectivity index (χ4n) is 1.85. The highest BCUT2D eigenvalue weighted by Gasteiger charge is 2.19. The number of anilines is 1. The average Bonchev–Trinajstić information content (AvgIpc) is 2.40. The van der Waals surface area contributed by atoms with Crippen LogP contribution in [-0.4, -0.2) is 41.2 Å². The zero-order valence-corrected chi connectivity index (χ0v) is 12.6. The molecule has 6 nitrogen and oxygen atoms in total. The number of rotatable bonds is 7. The second-order valence-corrected chi connectivity index (χ2v) is 4.79. The Morgan fingerprint density at radius 2 is 2.00 bits per heavy atom. The summed E-state index contributed by atoms with van der Waals surface area (Å²) in [6.45, 7) is 6.22. The van der Waals surface area contributed by atoms with Gasteiger partial charge in [0.25, 0.3) is 0 Å². The quantitative estimate of drug-likeness (QED) is 0.810. The Morgan fingerprint density at radius 1 is 1.33 bits per heavy atom. The maximum absolute atomic E-state index is 12.3. The van der Waals surface area contributed by atoms with Crippen LogP contribution in [0, 0.1) is 0 Å². The van der Waals surface area contributed by atoms with E-state index in [1.54, 1.807) is 18.2 Å². The van der Waals surface area contributed by atoms with Crippen LogP contribution in [0.25, 0.3) is 0 Å². The number of hydrogen-bond donors (Lipinski definition) is 2. The Labute approximate surface area is 124 Å². The highest BCUT2D eigenvalue weighted by molar-refractivity contribution is 5.91. The fraction of sp³-hybridized carbons (Fsp3) is 0.467. The molecule has 0 saturated carbocycles. The minimum atomic E-state index is -0.928. The van der Waals surface area contributed by atoms with E-state index in [1.165, 1.54) is 4.90 Å². The van der Waals surface area contributed by atoms with Crippen molar-refractivity contribution in [2.45, 2.75) is 33.2 Å². The molecule has 0 aromatic heterocycles. The first-order valence-electron chi connectivity index (χ1n) is 6.97. The van der Waals surface area contributed by atoms with Gasteiger partial charge in [-0.2, -0.15) is 0 Å². The number of urea groups is 1. The lowest BCUT2D eigenvalue weighted by molar-refractivity contribution is -0.137. The van der Waals surface area contributed by atoms with E-state index >= 15 is 0 Å². The van der Waals surface area contributed by atoms with Crippen LogP contribution in [0.3, 0.4) is 0 Å². The van der Waals surface area contributed by atoms with Crippen molar-refractivity contribution in [3.8, 4) is 5.75 Å². The van der Waals surface area contributed by atoms with Crippen molar-refractivity contribution >= 4 is 17.7 Å². The summed E-state index contributed by atoms with van der Waals surface area (Å²) >= 11 is 0. The van der Waals surface area contributed by atoms with Gasteiger partial charge in [-0.3, -0.25) is 4.79 Å². The molecule has 0 atom stereocenters. The number of amides is 2. The average molecular weight is 294 g/mol. The fourth-order valence-corrected chi connectivity index (χ4v) is 1.85. The van der Waals surface area contributed by atoms with E-state index in [-0.39, 0.29) is 25.0 Å². The van der Waals surface area contributed by atoms with Gasteiger partial charge < -0.3 is 20.1 Å². The summed E-state index contributed by atoms with van der Waals surface area (Å²) in [4.78, 5) is 24.4. The molecular weight excluding hydrogens is 272 g/mol. The number of nitrogens with one attached hydrogen (secondary N) is 1. The molecule has 6 heteroatoms. The van der Waals surface area contributed by atoms with Gasteiger partial charge in [0.1, 0.15) is 5.75 Å². The molecule has 0 aliphatic heterocycles. The Balaban J connectivity index is 2.79. The first-order valence-corrected chi connectivity index (χ1v) is 6.97. The van der Waals surface area contributed by atoms with Crippen molar-refractivity contribution < 1.29 is 19.4 Å². The third kappa shape index (κ3) is 5.33. The van der Waals surface area contributed by atoms with Gasteiger partial charge >= 0.3 is 12.0 Å². The molecule has 0 unspecified atom stereocenters. The van der Waals surface area contributed by atoms with Crippen LogP contribution < -0.4 is 10.1 Å². The van der Waals surface area contributed by atoms with Crippen LogP contribution >= 0.6 is 0 Å². The molecule has 0 aliphatic carbocycles. The summed E-state index contributed by atoms with van der Waals surface area (Å²) < 4.78 is 5.45. The lowest BCUT2D eigenvalue weighted by Crippen LogP contribution is -2.41. The molecule has 1 aromatic rings. The molecule has 0 bridgehead atoms. The summed E-state index contributed by atoms with van der Waals surface area (Å²) in [5.74, 6) is -0.335. The van der Waals surface area contributed by atoms with Crippen LogP contribution in [0.15, 0.2) is 24.3 Å². The van der Waals surface area contributed by atoms with E-state index in [1.807, 2.05) is 26.8 Å². The van der Waals surface area contributed by atoms with E-state index in [9.17, 15) is 9.59 Å². The van der Waals surface area contributed by atoms with Crippen LogP contribution in [0.2, 0.25) is 0 Å². The number of aliphatic carboxylic acids is 1. The number of benzene rings is 1. The Bertz CT molecular complexity index is 488. The van der Waals surface area contributed by atoms with Gasteiger partial charge in [0, 0.05) is 12.6 Å². The molecule has 1 aromatic carbocycles.